The van der Waals surface area contributed by atoms with E-state index in [1.54, 1.807) is 0 Å². The normalized spacial score (nSPS) is 24.0. The summed E-state index contributed by atoms with van der Waals surface area (Å²) >= 11 is 12.6. The predicted octanol–water partition coefficient (Wildman–Crippen LogP) is 4.47. The van der Waals surface area contributed by atoms with Crippen molar-refractivity contribution >= 4 is 23.2 Å². The van der Waals surface area contributed by atoms with Crippen LogP contribution < -0.4 is 5.32 Å². The van der Waals surface area contributed by atoms with Gasteiger partial charge in [-0.2, -0.15) is 0 Å². The van der Waals surface area contributed by atoms with Gasteiger partial charge in [0.25, 0.3) is 0 Å². The van der Waals surface area contributed by atoms with Crippen LogP contribution in [0, 0.1) is 0 Å². The van der Waals surface area contributed by atoms with Crippen molar-refractivity contribution in [2.45, 2.75) is 51.2 Å². The van der Waals surface area contributed by atoms with Gasteiger partial charge in [0.05, 0.1) is 5.60 Å². The van der Waals surface area contributed by atoms with Crippen LogP contribution in [0.25, 0.3) is 0 Å². The Morgan fingerprint density at radius 3 is 2.60 bits per heavy atom. The molecule has 2 atom stereocenters. The van der Waals surface area contributed by atoms with Crippen LogP contribution in [0.2, 0.25) is 10.0 Å². The van der Waals surface area contributed by atoms with Crippen molar-refractivity contribution in [1.82, 2.24) is 5.32 Å². The second kappa shape index (κ2) is 7.13. The average molecular weight is 316 g/mol. The minimum Gasteiger partial charge on any atom is -0.374 e. The van der Waals surface area contributed by atoms with Crippen LogP contribution in [-0.2, 0) is 11.2 Å². The molecule has 0 saturated carbocycles. The fraction of sp³-hybridized carbons (Fsp3) is 0.625. The average Bonchev–Trinajstić information content (AvgIpc) is 2.85. The monoisotopic (exact) mass is 315 g/mol. The second-order valence-corrected chi connectivity index (χ2v) is 6.49. The van der Waals surface area contributed by atoms with E-state index in [9.17, 15) is 0 Å². The summed E-state index contributed by atoms with van der Waals surface area (Å²) in [6, 6.07) is 5.92. The Hall–Kier alpha value is -0.280. The third kappa shape index (κ3) is 3.67. The van der Waals surface area contributed by atoms with Crippen LogP contribution in [0.4, 0.5) is 0 Å². The van der Waals surface area contributed by atoms with Crippen LogP contribution in [0.3, 0.4) is 0 Å². The lowest BCUT2D eigenvalue weighted by Crippen LogP contribution is -2.50. The zero-order valence-corrected chi connectivity index (χ0v) is 13.7. The van der Waals surface area contributed by atoms with E-state index in [2.05, 4.69) is 19.2 Å². The molecule has 1 aromatic rings. The van der Waals surface area contributed by atoms with Crippen LogP contribution >= 0.6 is 23.2 Å². The highest BCUT2D eigenvalue weighted by Gasteiger charge is 2.38. The highest BCUT2D eigenvalue weighted by molar-refractivity contribution is 6.36. The number of halogens is 2. The standard InChI is InChI=1S/C16H23Cl2NO/c1-3-9-19-15(16(2)8-5-10-20-16)11-12-13(17)6-4-7-14(12)18/h4,6-7,15,19H,3,5,8-11H2,1-2H3. The maximum absolute atomic E-state index is 6.31. The number of rotatable bonds is 6. The molecule has 1 aromatic carbocycles. The Morgan fingerprint density at radius 2 is 2.05 bits per heavy atom. The molecule has 1 heterocycles. The molecule has 0 aromatic heterocycles. The molecule has 1 aliphatic rings. The molecule has 1 aliphatic heterocycles. The molecule has 112 valence electrons. The molecule has 20 heavy (non-hydrogen) atoms. The van der Waals surface area contributed by atoms with E-state index in [4.69, 9.17) is 27.9 Å². The largest absolute Gasteiger partial charge is 0.374 e. The fourth-order valence-corrected chi connectivity index (χ4v) is 3.38. The van der Waals surface area contributed by atoms with Gasteiger partial charge in [0.2, 0.25) is 0 Å². The van der Waals surface area contributed by atoms with Crippen LogP contribution in [0.15, 0.2) is 18.2 Å². The molecule has 2 unspecified atom stereocenters. The van der Waals surface area contributed by atoms with Gasteiger partial charge in [0.1, 0.15) is 0 Å². The van der Waals surface area contributed by atoms with Crippen molar-refractivity contribution in [3.05, 3.63) is 33.8 Å². The highest BCUT2D eigenvalue weighted by atomic mass is 35.5. The second-order valence-electron chi connectivity index (χ2n) is 5.68. The van der Waals surface area contributed by atoms with Gasteiger partial charge in [-0.1, -0.05) is 36.2 Å². The lowest BCUT2D eigenvalue weighted by atomic mass is 9.88. The summed E-state index contributed by atoms with van der Waals surface area (Å²) < 4.78 is 6.00. The molecular formula is C16H23Cl2NO. The smallest absolute Gasteiger partial charge is 0.0810 e. The van der Waals surface area contributed by atoms with Crippen molar-refractivity contribution in [1.29, 1.82) is 0 Å². The molecule has 2 rings (SSSR count). The van der Waals surface area contributed by atoms with E-state index in [0.29, 0.717) is 0 Å². The molecule has 0 radical (unpaired) electrons. The predicted molar refractivity (Wildman–Crippen MR) is 85.8 cm³/mol. The van der Waals surface area contributed by atoms with E-state index in [-0.39, 0.29) is 11.6 Å². The van der Waals surface area contributed by atoms with Gasteiger partial charge in [0, 0.05) is 22.7 Å². The Balaban J connectivity index is 2.19. The summed E-state index contributed by atoms with van der Waals surface area (Å²) in [5.74, 6) is 0. The van der Waals surface area contributed by atoms with Crippen molar-refractivity contribution in [3.8, 4) is 0 Å². The minimum absolute atomic E-state index is 0.127. The summed E-state index contributed by atoms with van der Waals surface area (Å²) in [6.45, 7) is 6.19. The van der Waals surface area contributed by atoms with Gasteiger partial charge in [-0.05, 0) is 56.8 Å². The number of nitrogens with one attached hydrogen (secondary N) is 1. The van der Waals surface area contributed by atoms with Gasteiger partial charge in [0.15, 0.2) is 0 Å². The van der Waals surface area contributed by atoms with Gasteiger partial charge < -0.3 is 10.1 Å². The zero-order chi connectivity index (χ0) is 14.6. The van der Waals surface area contributed by atoms with E-state index in [1.165, 1.54) is 0 Å². The Kier molecular flexibility index (Phi) is 5.74. The van der Waals surface area contributed by atoms with Gasteiger partial charge in [-0.15, -0.1) is 0 Å². The lowest BCUT2D eigenvalue weighted by Gasteiger charge is -2.34. The first-order valence-electron chi connectivity index (χ1n) is 7.37. The van der Waals surface area contributed by atoms with Crippen molar-refractivity contribution in [3.63, 3.8) is 0 Å². The Bertz CT molecular complexity index is 424. The summed E-state index contributed by atoms with van der Waals surface area (Å²) in [5.41, 5.74) is 0.888. The maximum atomic E-state index is 6.31. The molecule has 0 spiro atoms. The summed E-state index contributed by atoms with van der Waals surface area (Å²) in [6.07, 6.45) is 4.10. The van der Waals surface area contributed by atoms with Crippen molar-refractivity contribution in [2.24, 2.45) is 0 Å². The van der Waals surface area contributed by atoms with Crippen LogP contribution in [0.5, 0.6) is 0 Å². The summed E-state index contributed by atoms with van der Waals surface area (Å²) in [4.78, 5) is 0. The van der Waals surface area contributed by atoms with Crippen LogP contribution in [-0.4, -0.2) is 24.8 Å². The molecule has 1 saturated heterocycles. The third-order valence-corrected chi connectivity index (χ3v) is 4.81. The SMILES string of the molecule is CCCNC(Cc1c(Cl)cccc1Cl)C1(C)CCCO1. The first-order chi connectivity index (χ1) is 9.57. The third-order valence-electron chi connectivity index (χ3n) is 4.10. The maximum Gasteiger partial charge on any atom is 0.0810 e. The summed E-state index contributed by atoms with van der Waals surface area (Å²) in [5, 5.41) is 5.09. The van der Waals surface area contributed by atoms with E-state index >= 15 is 0 Å². The number of hydrogen-bond acceptors (Lipinski definition) is 2. The number of benzene rings is 1. The molecule has 1 fully saturated rings. The van der Waals surface area contributed by atoms with Crippen molar-refractivity contribution in [2.75, 3.05) is 13.2 Å². The van der Waals surface area contributed by atoms with Crippen molar-refractivity contribution < 1.29 is 4.74 Å². The Labute approximate surface area is 131 Å². The van der Waals surface area contributed by atoms with Gasteiger partial charge >= 0.3 is 0 Å². The molecule has 4 heteroatoms. The highest BCUT2D eigenvalue weighted by Crippen LogP contribution is 2.33. The molecule has 0 amide bonds. The quantitative estimate of drug-likeness (QED) is 0.836. The van der Waals surface area contributed by atoms with Gasteiger partial charge in [-0.3, -0.25) is 0 Å². The number of ether oxygens (including phenoxy) is 1. The molecule has 0 aliphatic carbocycles. The molecule has 1 N–H and O–H groups in total. The zero-order valence-electron chi connectivity index (χ0n) is 12.2. The molecular weight excluding hydrogens is 293 g/mol. The topological polar surface area (TPSA) is 21.3 Å². The Morgan fingerprint density at radius 1 is 1.35 bits per heavy atom. The minimum atomic E-state index is -0.127. The van der Waals surface area contributed by atoms with Gasteiger partial charge in [-0.25, -0.2) is 0 Å². The molecule has 0 bridgehead atoms. The summed E-state index contributed by atoms with van der Waals surface area (Å²) in [7, 11) is 0. The van der Waals surface area contributed by atoms with E-state index < -0.39 is 0 Å². The lowest BCUT2D eigenvalue weighted by molar-refractivity contribution is -0.0114. The van der Waals surface area contributed by atoms with Crippen LogP contribution in [0.1, 0.15) is 38.7 Å². The van der Waals surface area contributed by atoms with E-state index in [1.807, 2.05) is 18.2 Å². The fourth-order valence-electron chi connectivity index (χ4n) is 2.83. The van der Waals surface area contributed by atoms with E-state index in [0.717, 1.165) is 54.4 Å². The first-order valence-corrected chi connectivity index (χ1v) is 8.12. The first kappa shape index (κ1) is 16.1. The molecule has 2 nitrogen and oxygen atoms in total. The number of hydrogen-bond donors (Lipinski definition) is 1.